The smallest absolute Gasteiger partial charge is 0.282 e. The number of halogens is 1. The van der Waals surface area contributed by atoms with Crippen LogP contribution in [-0.4, -0.2) is 23.7 Å². The van der Waals surface area contributed by atoms with Crippen molar-refractivity contribution in [1.29, 1.82) is 0 Å². The Morgan fingerprint density at radius 2 is 1.84 bits per heavy atom. The normalized spacial score (nSPS) is 10.7. The average Bonchev–Trinajstić information content (AvgIpc) is 2.79. The number of benzene rings is 3. The maximum atomic E-state index is 13.8. The van der Waals surface area contributed by atoms with E-state index in [1.54, 1.807) is 36.4 Å². The number of hydrogen-bond donors (Lipinski definition) is 1. The van der Waals surface area contributed by atoms with E-state index < -0.39 is 10.8 Å². The minimum absolute atomic E-state index is 0.0338. The first-order valence-electron chi connectivity index (χ1n) is 9.69. The molecular formula is C23H20FN3O5. The lowest BCUT2D eigenvalue weighted by atomic mass is 10.2. The highest BCUT2D eigenvalue weighted by atomic mass is 19.1. The molecule has 1 N–H and O–H groups in total. The number of nitro benzene ring substituents is 1. The molecule has 0 radical (unpaired) electrons. The Hall–Kier alpha value is -4.27. The van der Waals surface area contributed by atoms with Crippen LogP contribution in [0.5, 0.6) is 11.5 Å². The third-order valence-electron chi connectivity index (χ3n) is 4.33. The first kappa shape index (κ1) is 22.4. The summed E-state index contributed by atoms with van der Waals surface area (Å²) in [5.74, 6) is -0.207. The van der Waals surface area contributed by atoms with E-state index in [1.807, 2.05) is 6.92 Å². The highest BCUT2D eigenvalue weighted by Crippen LogP contribution is 2.29. The van der Waals surface area contributed by atoms with Crippen molar-refractivity contribution in [2.45, 2.75) is 13.5 Å². The highest BCUT2D eigenvalue weighted by Gasteiger charge is 2.18. The Labute approximate surface area is 183 Å². The molecule has 0 saturated heterocycles. The fourth-order valence-electron chi connectivity index (χ4n) is 2.81. The lowest BCUT2D eigenvalue weighted by Gasteiger charge is -2.13. The van der Waals surface area contributed by atoms with Gasteiger partial charge in [-0.25, -0.2) is 9.82 Å². The van der Waals surface area contributed by atoms with Crippen LogP contribution in [0, 0.1) is 15.9 Å². The van der Waals surface area contributed by atoms with Crippen molar-refractivity contribution in [2.75, 3.05) is 6.61 Å². The molecule has 0 fully saturated rings. The standard InChI is InChI=1S/C23H20FN3O5/c1-2-31-22-13-16(11-12-21(22)32-15-17-7-3-5-9-19(17)24)14-25-26-23(28)18-8-4-6-10-20(18)27(29)30/h3-14H,2,15H2,1H3,(H,26,28)/b25-14+. The minimum atomic E-state index is -0.705. The number of amides is 1. The molecule has 32 heavy (non-hydrogen) atoms. The lowest BCUT2D eigenvalue weighted by Crippen LogP contribution is -2.18. The van der Waals surface area contributed by atoms with Crippen LogP contribution in [0.15, 0.2) is 71.8 Å². The lowest BCUT2D eigenvalue weighted by molar-refractivity contribution is -0.385. The Morgan fingerprint density at radius 3 is 2.59 bits per heavy atom. The summed E-state index contributed by atoms with van der Waals surface area (Å²) in [6.45, 7) is 2.23. The quantitative estimate of drug-likeness (QED) is 0.302. The molecule has 0 atom stereocenters. The molecular weight excluding hydrogens is 417 g/mol. The second kappa shape index (κ2) is 10.7. The van der Waals surface area contributed by atoms with Gasteiger partial charge in [-0.3, -0.25) is 14.9 Å². The molecule has 164 valence electrons. The summed E-state index contributed by atoms with van der Waals surface area (Å²) in [4.78, 5) is 22.7. The van der Waals surface area contributed by atoms with E-state index in [2.05, 4.69) is 10.5 Å². The third kappa shape index (κ3) is 5.66. The van der Waals surface area contributed by atoms with Crippen molar-refractivity contribution in [1.82, 2.24) is 5.43 Å². The predicted octanol–water partition coefficient (Wildman–Crippen LogP) is 4.48. The van der Waals surface area contributed by atoms with Crippen LogP contribution in [0.2, 0.25) is 0 Å². The van der Waals surface area contributed by atoms with E-state index in [1.165, 1.54) is 36.5 Å². The molecule has 0 heterocycles. The van der Waals surface area contributed by atoms with Gasteiger partial charge in [-0.1, -0.05) is 30.3 Å². The Balaban J connectivity index is 1.70. The molecule has 3 rings (SSSR count). The Morgan fingerprint density at radius 1 is 1.09 bits per heavy atom. The van der Waals surface area contributed by atoms with Crippen molar-refractivity contribution in [3.05, 3.63) is 99.4 Å². The minimum Gasteiger partial charge on any atom is -0.490 e. The summed E-state index contributed by atoms with van der Waals surface area (Å²) in [6.07, 6.45) is 1.37. The zero-order valence-corrected chi connectivity index (χ0v) is 17.2. The molecule has 0 aliphatic carbocycles. The van der Waals surface area contributed by atoms with Crippen LogP contribution in [0.1, 0.15) is 28.4 Å². The van der Waals surface area contributed by atoms with E-state index in [9.17, 15) is 19.3 Å². The van der Waals surface area contributed by atoms with Gasteiger partial charge in [0.2, 0.25) is 0 Å². The fraction of sp³-hybridized carbons (Fsp3) is 0.130. The molecule has 9 heteroatoms. The number of hydrogen-bond acceptors (Lipinski definition) is 6. The van der Waals surface area contributed by atoms with Gasteiger partial charge >= 0.3 is 0 Å². The Kier molecular flexibility index (Phi) is 7.47. The molecule has 0 bridgehead atoms. The summed E-state index contributed by atoms with van der Waals surface area (Å²) >= 11 is 0. The second-order valence-electron chi connectivity index (χ2n) is 6.49. The van der Waals surface area contributed by atoms with Gasteiger partial charge in [0.05, 0.1) is 17.7 Å². The van der Waals surface area contributed by atoms with Gasteiger partial charge in [-0.05, 0) is 42.8 Å². The molecule has 1 amide bonds. The van der Waals surface area contributed by atoms with Crippen molar-refractivity contribution >= 4 is 17.8 Å². The zero-order chi connectivity index (χ0) is 22.9. The summed E-state index contributed by atoms with van der Waals surface area (Å²) < 4.78 is 25.1. The first-order valence-corrected chi connectivity index (χ1v) is 9.69. The summed E-state index contributed by atoms with van der Waals surface area (Å²) in [7, 11) is 0. The molecule has 8 nitrogen and oxygen atoms in total. The largest absolute Gasteiger partial charge is 0.490 e. The molecule has 0 aliphatic rings. The van der Waals surface area contributed by atoms with Gasteiger partial charge in [-0.2, -0.15) is 5.10 Å². The predicted molar refractivity (Wildman–Crippen MR) is 116 cm³/mol. The molecule has 3 aromatic carbocycles. The summed E-state index contributed by atoms with van der Waals surface area (Å²) in [5.41, 5.74) is 2.88. The van der Waals surface area contributed by atoms with Gasteiger partial charge < -0.3 is 9.47 Å². The first-order chi connectivity index (χ1) is 15.5. The van der Waals surface area contributed by atoms with Crippen LogP contribution in [-0.2, 0) is 6.61 Å². The summed E-state index contributed by atoms with van der Waals surface area (Å²) in [6, 6.07) is 16.9. The number of nitrogens with zero attached hydrogens (tertiary/aromatic N) is 2. The molecule has 0 unspecified atom stereocenters. The number of nitrogens with one attached hydrogen (secondary N) is 1. The van der Waals surface area contributed by atoms with Crippen molar-refractivity contribution < 1.29 is 23.6 Å². The zero-order valence-electron chi connectivity index (χ0n) is 17.2. The van der Waals surface area contributed by atoms with Crippen LogP contribution >= 0.6 is 0 Å². The van der Waals surface area contributed by atoms with E-state index >= 15 is 0 Å². The molecule has 0 spiro atoms. The van der Waals surface area contributed by atoms with E-state index in [0.717, 1.165) is 0 Å². The van der Waals surface area contributed by atoms with Crippen molar-refractivity contribution in [3.8, 4) is 11.5 Å². The van der Waals surface area contributed by atoms with Gasteiger partial charge in [0.1, 0.15) is 18.0 Å². The molecule has 0 saturated carbocycles. The van der Waals surface area contributed by atoms with Crippen LogP contribution in [0.25, 0.3) is 0 Å². The van der Waals surface area contributed by atoms with Crippen LogP contribution in [0.3, 0.4) is 0 Å². The van der Waals surface area contributed by atoms with E-state index in [4.69, 9.17) is 9.47 Å². The van der Waals surface area contributed by atoms with Crippen molar-refractivity contribution in [3.63, 3.8) is 0 Å². The van der Waals surface area contributed by atoms with E-state index in [0.29, 0.717) is 29.2 Å². The van der Waals surface area contributed by atoms with Crippen LogP contribution in [0.4, 0.5) is 10.1 Å². The number of nitro groups is 1. The second-order valence-corrected chi connectivity index (χ2v) is 6.49. The number of carbonyl (C=O) groups is 1. The number of para-hydroxylation sites is 1. The van der Waals surface area contributed by atoms with Crippen molar-refractivity contribution in [2.24, 2.45) is 5.10 Å². The number of rotatable bonds is 9. The molecule has 0 aliphatic heterocycles. The maximum absolute atomic E-state index is 13.8. The van der Waals surface area contributed by atoms with Gasteiger partial charge in [0.15, 0.2) is 11.5 Å². The number of ether oxygens (including phenoxy) is 2. The van der Waals surface area contributed by atoms with Gasteiger partial charge in [0, 0.05) is 11.6 Å². The maximum Gasteiger partial charge on any atom is 0.282 e. The number of hydrazone groups is 1. The molecule has 3 aromatic rings. The topological polar surface area (TPSA) is 103 Å². The highest BCUT2D eigenvalue weighted by molar-refractivity contribution is 5.98. The van der Waals surface area contributed by atoms with Gasteiger partial charge in [-0.15, -0.1) is 0 Å². The fourth-order valence-corrected chi connectivity index (χ4v) is 2.81. The third-order valence-corrected chi connectivity index (χ3v) is 4.33. The summed E-state index contributed by atoms with van der Waals surface area (Å²) in [5, 5.41) is 14.9. The molecule has 0 aromatic heterocycles. The SMILES string of the molecule is CCOc1cc(/C=N/NC(=O)c2ccccc2[N+](=O)[O-])ccc1OCc1ccccc1F. The monoisotopic (exact) mass is 437 g/mol. The Bertz CT molecular complexity index is 1150. The van der Waals surface area contributed by atoms with Gasteiger partial charge in [0.25, 0.3) is 11.6 Å². The van der Waals surface area contributed by atoms with Crippen LogP contribution < -0.4 is 14.9 Å². The average molecular weight is 437 g/mol. The number of carbonyl (C=O) groups excluding carboxylic acids is 1. The van der Waals surface area contributed by atoms with E-state index in [-0.39, 0.29) is 23.7 Å².